The molecule has 0 saturated carbocycles. The van der Waals surface area contributed by atoms with Gasteiger partial charge in [-0.25, -0.2) is 12.4 Å². The van der Waals surface area contributed by atoms with Crippen molar-refractivity contribution in [1.29, 1.82) is 0 Å². The molecule has 0 atom stereocenters. The molecular formula is C19H21ClN2O3S. The highest BCUT2D eigenvalue weighted by Crippen LogP contribution is 2.37. The van der Waals surface area contributed by atoms with Crippen LogP contribution in [-0.4, -0.2) is 44.5 Å². The monoisotopic (exact) mass is 392 g/mol. The minimum absolute atomic E-state index is 0.231. The molecule has 0 aliphatic rings. The van der Waals surface area contributed by atoms with E-state index in [1.807, 2.05) is 19.0 Å². The minimum Gasteiger partial charge on any atom is -0.490 e. The lowest BCUT2D eigenvalue weighted by atomic mass is 10.2. The Morgan fingerprint density at radius 2 is 1.81 bits per heavy atom. The first kappa shape index (κ1) is 18.8. The fourth-order valence-electron chi connectivity index (χ4n) is 2.86. The van der Waals surface area contributed by atoms with Crippen LogP contribution < -0.4 is 4.74 Å². The second-order valence-electron chi connectivity index (χ2n) is 6.31. The number of nitrogens with zero attached hydrogens (tertiary/aromatic N) is 2. The van der Waals surface area contributed by atoms with Gasteiger partial charge in [0.05, 0.1) is 16.1 Å². The van der Waals surface area contributed by atoms with Crippen LogP contribution in [-0.2, 0) is 10.0 Å². The maximum absolute atomic E-state index is 13.2. The molecule has 7 heteroatoms. The summed E-state index contributed by atoms with van der Waals surface area (Å²) in [5.74, 6) is 0.545. The summed E-state index contributed by atoms with van der Waals surface area (Å²) in [6.45, 7) is 2.92. The number of ether oxygens (including phenoxy) is 1. The van der Waals surface area contributed by atoms with Gasteiger partial charge in [0.15, 0.2) is 0 Å². The van der Waals surface area contributed by atoms with Crippen molar-refractivity contribution in [3.05, 3.63) is 59.2 Å². The van der Waals surface area contributed by atoms with Crippen LogP contribution in [0.3, 0.4) is 0 Å². The van der Waals surface area contributed by atoms with Gasteiger partial charge >= 0.3 is 0 Å². The summed E-state index contributed by atoms with van der Waals surface area (Å²) in [5, 5.41) is 1.22. The quantitative estimate of drug-likeness (QED) is 0.640. The van der Waals surface area contributed by atoms with Crippen LogP contribution in [0, 0.1) is 6.92 Å². The van der Waals surface area contributed by atoms with Gasteiger partial charge in [-0.3, -0.25) is 0 Å². The van der Waals surface area contributed by atoms with Gasteiger partial charge in [-0.05, 0) is 51.4 Å². The Morgan fingerprint density at radius 3 is 2.46 bits per heavy atom. The van der Waals surface area contributed by atoms with Gasteiger partial charge in [-0.15, -0.1) is 0 Å². The van der Waals surface area contributed by atoms with Gasteiger partial charge in [-0.2, -0.15) is 0 Å². The molecule has 2 aromatic carbocycles. The summed E-state index contributed by atoms with van der Waals surface area (Å²) in [6, 6.07) is 13.5. The molecule has 0 radical (unpaired) electrons. The molecule has 1 heterocycles. The van der Waals surface area contributed by atoms with Gasteiger partial charge in [0.2, 0.25) is 0 Å². The zero-order valence-electron chi connectivity index (χ0n) is 14.9. The average molecular weight is 393 g/mol. The van der Waals surface area contributed by atoms with E-state index < -0.39 is 10.0 Å². The van der Waals surface area contributed by atoms with Gasteiger partial charge in [-0.1, -0.05) is 29.8 Å². The van der Waals surface area contributed by atoms with E-state index in [-0.39, 0.29) is 4.90 Å². The van der Waals surface area contributed by atoms with E-state index >= 15 is 0 Å². The molecular weight excluding hydrogens is 372 g/mol. The summed E-state index contributed by atoms with van der Waals surface area (Å²) >= 11 is 6.15. The van der Waals surface area contributed by atoms with E-state index in [0.29, 0.717) is 34.0 Å². The topological polar surface area (TPSA) is 51.5 Å². The summed E-state index contributed by atoms with van der Waals surface area (Å²) < 4.78 is 33.7. The molecule has 1 aromatic heterocycles. The van der Waals surface area contributed by atoms with E-state index in [2.05, 4.69) is 0 Å². The third-order valence-electron chi connectivity index (χ3n) is 4.12. The number of benzene rings is 2. The summed E-state index contributed by atoms with van der Waals surface area (Å²) in [4.78, 5) is 2.23. The number of hydrogen-bond donors (Lipinski definition) is 0. The number of halogens is 1. The van der Waals surface area contributed by atoms with Gasteiger partial charge in [0, 0.05) is 17.0 Å². The zero-order chi connectivity index (χ0) is 18.9. The molecule has 0 bridgehead atoms. The van der Waals surface area contributed by atoms with Gasteiger partial charge < -0.3 is 9.64 Å². The molecule has 0 aliphatic carbocycles. The molecule has 26 heavy (non-hydrogen) atoms. The van der Waals surface area contributed by atoms with Crippen molar-refractivity contribution in [3.8, 4) is 5.75 Å². The Bertz CT molecular complexity index is 1030. The predicted octanol–water partition coefficient (Wildman–Crippen LogP) is 3.78. The Balaban J connectivity index is 2.19. The van der Waals surface area contributed by atoms with Crippen molar-refractivity contribution < 1.29 is 13.2 Å². The van der Waals surface area contributed by atoms with Crippen LogP contribution in [0.25, 0.3) is 10.9 Å². The van der Waals surface area contributed by atoms with Crippen LogP contribution >= 0.6 is 11.6 Å². The van der Waals surface area contributed by atoms with Gasteiger partial charge in [0.1, 0.15) is 12.4 Å². The van der Waals surface area contributed by atoms with E-state index in [0.717, 1.165) is 6.54 Å². The van der Waals surface area contributed by atoms with E-state index in [9.17, 15) is 8.42 Å². The van der Waals surface area contributed by atoms with E-state index in [1.165, 1.54) is 3.97 Å². The first-order valence-electron chi connectivity index (χ1n) is 8.21. The Kier molecular flexibility index (Phi) is 5.27. The number of aromatic nitrogens is 1. The molecule has 3 rings (SSSR count). The molecule has 0 amide bonds. The van der Waals surface area contributed by atoms with E-state index in [1.54, 1.807) is 55.5 Å². The van der Waals surface area contributed by atoms with Crippen molar-refractivity contribution in [2.24, 2.45) is 0 Å². The van der Waals surface area contributed by atoms with E-state index in [4.69, 9.17) is 16.3 Å². The average Bonchev–Trinajstić information content (AvgIpc) is 2.87. The Labute approximate surface area is 158 Å². The number of fused-ring (bicyclic) bond motifs is 1. The second-order valence-corrected chi connectivity index (χ2v) is 8.53. The number of hydrogen-bond acceptors (Lipinski definition) is 4. The summed E-state index contributed by atoms with van der Waals surface area (Å²) in [6.07, 6.45) is 0. The Hall–Kier alpha value is -2.02. The first-order valence-corrected chi connectivity index (χ1v) is 10.0. The standard InChI is InChI=1S/C19H21ClN2O3S/c1-14-19(25-12-11-21(2)3)17-13-15(20)9-10-18(17)22(14)26(23,24)16-7-5-4-6-8-16/h4-10,13H,11-12H2,1-3H3. The van der Waals surface area contributed by atoms with Crippen LogP contribution in [0.15, 0.2) is 53.4 Å². The van der Waals surface area contributed by atoms with Crippen molar-refractivity contribution in [2.75, 3.05) is 27.2 Å². The molecule has 0 aliphatic heterocycles. The molecule has 0 N–H and O–H groups in total. The summed E-state index contributed by atoms with van der Waals surface area (Å²) in [7, 11) is 0.163. The molecule has 0 fully saturated rings. The molecule has 0 saturated heterocycles. The first-order chi connectivity index (χ1) is 12.3. The normalized spacial score (nSPS) is 12.0. The SMILES string of the molecule is Cc1c(OCCN(C)C)c2cc(Cl)ccc2n1S(=O)(=O)c1ccccc1. The van der Waals surface area contributed by atoms with Crippen molar-refractivity contribution >= 4 is 32.5 Å². The third kappa shape index (κ3) is 3.45. The van der Waals surface area contributed by atoms with Crippen LogP contribution in [0.5, 0.6) is 5.75 Å². The lowest BCUT2D eigenvalue weighted by molar-refractivity contribution is 0.262. The molecule has 5 nitrogen and oxygen atoms in total. The van der Waals surface area contributed by atoms with Crippen molar-refractivity contribution in [2.45, 2.75) is 11.8 Å². The van der Waals surface area contributed by atoms with Crippen molar-refractivity contribution in [1.82, 2.24) is 8.87 Å². The highest BCUT2D eigenvalue weighted by Gasteiger charge is 2.25. The van der Waals surface area contributed by atoms with Gasteiger partial charge in [0.25, 0.3) is 10.0 Å². The van der Waals surface area contributed by atoms with Crippen LogP contribution in [0.4, 0.5) is 0 Å². The number of rotatable bonds is 6. The maximum atomic E-state index is 13.2. The van der Waals surface area contributed by atoms with Crippen LogP contribution in [0.1, 0.15) is 5.69 Å². The molecule has 138 valence electrons. The fourth-order valence-corrected chi connectivity index (χ4v) is 4.60. The fraction of sp³-hybridized carbons (Fsp3) is 0.263. The number of likely N-dealkylation sites (N-methyl/N-ethyl adjacent to an activating group) is 1. The smallest absolute Gasteiger partial charge is 0.268 e. The predicted molar refractivity (Wildman–Crippen MR) is 105 cm³/mol. The lowest BCUT2D eigenvalue weighted by Gasteiger charge is -2.12. The lowest BCUT2D eigenvalue weighted by Crippen LogP contribution is -2.20. The van der Waals surface area contributed by atoms with Crippen LogP contribution in [0.2, 0.25) is 5.02 Å². The third-order valence-corrected chi connectivity index (χ3v) is 6.18. The minimum atomic E-state index is -3.75. The highest BCUT2D eigenvalue weighted by atomic mass is 35.5. The zero-order valence-corrected chi connectivity index (χ0v) is 16.5. The molecule has 0 spiro atoms. The molecule has 0 unspecified atom stereocenters. The Morgan fingerprint density at radius 1 is 1.12 bits per heavy atom. The largest absolute Gasteiger partial charge is 0.490 e. The van der Waals surface area contributed by atoms with Crippen molar-refractivity contribution in [3.63, 3.8) is 0 Å². The maximum Gasteiger partial charge on any atom is 0.268 e. The second kappa shape index (κ2) is 7.31. The summed E-state index contributed by atoms with van der Waals surface area (Å²) in [5.41, 5.74) is 1.08. The molecule has 3 aromatic rings. The highest BCUT2D eigenvalue weighted by molar-refractivity contribution is 7.90.